The van der Waals surface area contributed by atoms with E-state index in [1.54, 1.807) is 13.8 Å². The zero-order chi connectivity index (χ0) is 26.7. The average Bonchev–Trinajstić information content (AvgIpc) is 3.19. The van der Waals surface area contributed by atoms with E-state index in [-0.39, 0.29) is 23.1 Å². The molecule has 11 heteroatoms. The summed E-state index contributed by atoms with van der Waals surface area (Å²) in [5.74, 6) is -1.60. The highest BCUT2D eigenvalue weighted by Gasteiger charge is 2.32. The number of carbonyl (C=O) groups is 2. The minimum atomic E-state index is -4.32. The number of hydrogen-bond acceptors (Lipinski definition) is 7. The fourth-order valence-electron chi connectivity index (χ4n) is 4.30. The zero-order valence-electron chi connectivity index (χ0n) is 20.1. The second-order valence-corrected chi connectivity index (χ2v) is 10.6. The monoisotopic (exact) mass is 523 g/mol. The van der Waals surface area contributed by atoms with Gasteiger partial charge in [0, 0.05) is 18.1 Å². The number of carbonyl (C=O) groups excluding carboxylic acids is 2. The van der Waals surface area contributed by atoms with Crippen molar-refractivity contribution >= 4 is 27.7 Å². The highest BCUT2D eigenvalue weighted by Crippen LogP contribution is 2.44. The molecular formula is C26H25N3O7S. The van der Waals surface area contributed by atoms with Crippen molar-refractivity contribution < 1.29 is 27.7 Å². The van der Waals surface area contributed by atoms with Crippen LogP contribution in [-0.4, -0.2) is 38.0 Å². The van der Waals surface area contributed by atoms with Crippen molar-refractivity contribution in [1.82, 2.24) is 10.0 Å². The number of non-ortho nitro benzene ring substituents is 1. The third-order valence-electron chi connectivity index (χ3n) is 6.16. The predicted octanol–water partition coefficient (Wildman–Crippen LogP) is 3.96. The van der Waals surface area contributed by atoms with Gasteiger partial charge in [0.05, 0.1) is 9.82 Å². The number of benzene rings is 3. The van der Waals surface area contributed by atoms with Crippen LogP contribution < -0.4 is 10.0 Å². The minimum absolute atomic E-state index is 0.0351. The summed E-state index contributed by atoms with van der Waals surface area (Å²) in [6.07, 6.45) is -0.858. The fourth-order valence-corrected chi connectivity index (χ4v) is 5.31. The van der Waals surface area contributed by atoms with Crippen LogP contribution in [0.25, 0.3) is 11.1 Å². The maximum Gasteiger partial charge on any atom is 0.407 e. The molecule has 4 rings (SSSR count). The highest BCUT2D eigenvalue weighted by molar-refractivity contribution is 7.90. The Morgan fingerprint density at radius 3 is 2.00 bits per heavy atom. The van der Waals surface area contributed by atoms with Gasteiger partial charge < -0.3 is 10.1 Å². The lowest BCUT2D eigenvalue weighted by molar-refractivity contribution is -0.384. The Kier molecular flexibility index (Phi) is 7.25. The first-order chi connectivity index (χ1) is 17.6. The average molecular weight is 524 g/mol. The van der Waals surface area contributed by atoms with Gasteiger partial charge in [0.2, 0.25) is 0 Å². The second kappa shape index (κ2) is 10.4. The van der Waals surface area contributed by atoms with Gasteiger partial charge in [-0.15, -0.1) is 0 Å². The van der Waals surface area contributed by atoms with Gasteiger partial charge >= 0.3 is 6.09 Å². The molecule has 0 saturated heterocycles. The van der Waals surface area contributed by atoms with Crippen LogP contribution in [0.2, 0.25) is 0 Å². The van der Waals surface area contributed by atoms with Crippen LogP contribution in [0.15, 0.2) is 77.7 Å². The van der Waals surface area contributed by atoms with E-state index in [1.165, 1.54) is 0 Å². The molecule has 10 nitrogen and oxygen atoms in total. The Morgan fingerprint density at radius 1 is 0.946 bits per heavy atom. The summed E-state index contributed by atoms with van der Waals surface area (Å²) in [5.41, 5.74) is 3.92. The quantitative estimate of drug-likeness (QED) is 0.336. The number of sulfonamides is 1. The van der Waals surface area contributed by atoms with Gasteiger partial charge in [0.25, 0.3) is 21.6 Å². The summed E-state index contributed by atoms with van der Waals surface area (Å²) < 4.78 is 32.7. The van der Waals surface area contributed by atoms with E-state index < -0.39 is 38.9 Å². The second-order valence-electron chi connectivity index (χ2n) is 8.91. The van der Waals surface area contributed by atoms with E-state index in [0.29, 0.717) is 0 Å². The number of nitro groups is 1. The molecular weight excluding hydrogens is 498 g/mol. The Balaban J connectivity index is 1.42. The van der Waals surface area contributed by atoms with Crippen LogP contribution in [0.3, 0.4) is 0 Å². The number of fused-ring (bicyclic) bond motifs is 3. The molecule has 1 aliphatic rings. The smallest absolute Gasteiger partial charge is 0.407 e. The van der Waals surface area contributed by atoms with Crippen molar-refractivity contribution in [2.75, 3.05) is 6.61 Å². The predicted molar refractivity (Wildman–Crippen MR) is 135 cm³/mol. The molecule has 0 bridgehead atoms. The lowest BCUT2D eigenvalue weighted by Gasteiger charge is -2.22. The van der Waals surface area contributed by atoms with E-state index in [0.717, 1.165) is 46.5 Å². The minimum Gasteiger partial charge on any atom is -0.449 e. The molecule has 3 aromatic rings. The van der Waals surface area contributed by atoms with Crippen LogP contribution in [0.1, 0.15) is 30.9 Å². The molecule has 0 aromatic heterocycles. The van der Waals surface area contributed by atoms with E-state index in [1.807, 2.05) is 53.3 Å². The number of rotatable bonds is 8. The normalized spacial score (nSPS) is 13.4. The fraction of sp³-hybridized carbons (Fsp3) is 0.231. The molecule has 0 aliphatic heterocycles. The van der Waals surface area contributed by atoms with E-state index in [4.69, 9.17) is 4.74 Å². The number of ether oxygens (including phenoxy) is 1. The van der Waals surface area contributed by atoms with Crippen LogP contribution in [0.4, 0.5) is 10.5 Å². The Bertz CT molecular complexity index is 1410. The Labute approximate surface area is 213 Å². The first-order valence-corrected chi connectivity index (χ1v) is 13.0. The molecule has 0 radical (unpaired) electrons. The topological polar surface area (TPSA) is 145 Å². The van der Waals surface area contributed by atoms with Crippen molar-refractivity contribution in [3.63, 3.8) is 0 Å². The lowest BCUT2D eigenvalue weighted by Crippen LogP contribution is -2.51. The molecule has 3 aromatic carbocycles. The van der Waals surface area contributed by atoms with E-state index >= 15 is 0 Å². The van der Waals surface area contributed by atoms with E-state index in [2.05, 4.69) is 5.32 Å². The summed E-state index contributed by atoms with van der Waals surface area (Å²) in [7, 11) is -4.32. The maximum absolute atomic E-state index is 12.8. The first-order valence-electron chi connectivity index (χ1n) is 11.5. The summed E-state index contributed by atoms with van der Waals surface area (Å²) in [6, 6.07) is 18.6. The van der Waals surface area contributed by atoms with Crippen molar-refractivity contribution in [2.45, 2.75) is 30.7 Å². The number of nitrogens with zero attached hydrogens (tertiary/aromatic N) is 1. The highest BCUT2D eigenvalue weighted by atomic mass is 32.2. The molecule has 0 fully saturated rings. The summed E-state index contributed by atoms with van der Waals surface area (Å²) >= 11 is 0. The molecule has 0 spiro atoms. The third-order valence-corrected chi connectivity index (χ3v) is 7.52. The molecule has 192 valence electrons. The van der Waals surface area contributed by atoms with Crippen molar-refractivity contribution in [3.05, 3.63) is 94.0 Å². The molecule has 0 unspecified atom stereocenters. The summed E-state index contributed by atoms with van der Waals surface area (Å²) in [5, 5.41) is 13.3. The van der Waals surface area contributed by atoms with Gasteiger partial charge in [-0.05, 0) is 40.3 Å². The van der Waals surface area contributed by atoms with Gasteiger partial charge in [0.1, 0.15) is 12.6 Å². The van der Waals surface area contributed by atoms with Crippen LogP contribution in [0, 0.1) is 16.0 Å². The first kappa shape index (κ1) is 25.8. The number of nitrogens with one attached hydrogen (secondary N) is 2. The number of nitro benzene ring substituents is 1. The van der Waals surface area contributed by atoms with Gasteiger partial charge in [0.15, 0.2) is 0 Å². The maximum atomic E-state index is 12.8. The number of amides is 2. The largest absolute Gasteiger partial charge is 0.449 e. The van der Waals surface area contributed by atoms with Gasteiger partial charge in [-0.25, -0.2) is 17.9 Å². The van der Waals surface area contributed by atoms with E-state index in [9.17, 15) is 28.1 Å². The molecule has 2 amide bonds. The third kappa shape index (κ3) is 5.46. The standard InChI is InChI=1S/C26H25N3O7S/c1-16(2)24(25(30)28-37(34,35)18-13-11-17(12-14-18)29(32)33)27-26(31)36-15-23-21-9-5-3-7-19(21)20-8-4-6-10-22(20)23/h3-14,16,23-24H,15H2,1-2H3,(H,27,31)(H,28,30)/t24-/m1/s1. The van der Waals surface area contributed by atoms with Gasteiger partial charge in [-0.3, -0.25) is 14.9 Å². The van der Waals surface area contributed by atoms with Crippen LogP contribution in [-0.2, 0) is 19.6 Å². The lowest BCUT2D eigenvalue weighted by atomic mass is 9.98. The van der Waals surface area contributed by atoms with Gasteiger partial charge in [-0.2, -0.15) is 0 Å². The van der Waals surface area contributed by atoms with Crippen LogP contribution >= 0.6 is 0 Å². The molecule has 0 heterocycles. The van der Waals surface area contributed by atoms with Crippen molar-refractivity contribution in [1.29, 1.82) is 0 Å². The van der Waals surface area contributed by atoms with Gasteiger partial charge in [-0.1, -0.05) is 62.4 Å². The SMILES string of the molecule is CC(C)[C@@H](NC(=O)OCC1c2ccccc2-c2ccccc21)C(=O)NS(=O)(=O)c1ccc([N+](=O)[O-])cc1. The molecule has 1 aliphatic carbocycles. The number of hydrogen-bond donors (Lipinski definition) is 2. The summed E-state index contributed by atoms with van der Waals surface area (Å²) in [6.45, 7) is 3.33. The Hall–Kier alpha value is -4.25. The van der Waals surface area contributed by atoms with Crippen molar-refractivity contribution in [2.24, 2.45) is 5.92 Å². The summed E-state index contributed by atoms with van der Waals surface area (Å²) in [4.78, 5) is 35.3. The number of alkyl carbamates (subject to hydrolysis) is 1. The Morgan fingerprint density at radius 2 is 1.49 bits per heavy atom. The van der Waals surface area contributed by atoms with Crippen molar-refractivity contribution in [3.8, 4) is 11.1 Å². The molecule has 2 N–H and O–H groups in total. The molecule has 0 saturated carbocycles. The zero-order valence-corrected chi connectivity index (χ0v) is 20.9. The van der Waals surface area contributed by atoms with Crippen LogP contribution in [0.5, 0.6) is 0 Å². The molecule has 37 heavy (non-hydrogen) atoms. The molecule has 1 atom stereocenters.